The fourth-order valence-corrected chi connectivity index (χ4v) is 4.48. The molecule has 0 aromatic heterocycles. The molecule has 7 nitrogen and oxygen atoms in total. The summed E-state index contributed by atoms with van der Waals surface area (Å²) in [5.74, 6) is -0.316. The van der Waals surface area contributed by atoms with Crippen molar-refractivity contribution in [1.29, 1.82) is 0 Å². The third-order valence-corrected chi connectivity index (χ3v) is 7.17. The van der Waals surface area contributed by atoms with E-state index in [1.54, 1.807) is 6.92 Å². The first-order chi connectivity index (χ1) is 7.49. The Kier molecular flexibility index (Phi) is 10.2. The summed E-state index contributed by atoms with van der Waals surface area (Å²) in [5, 5.41) is 6.14. The second kappa shape index (κ2) is 8.21. The molecule has 1 saturated carbocycles. The molecule has 3 N–H and O–H groups in total. The summed E-state index contributed by atoms with van der Waals surface area (Å²) in [4.78, 5) is 39.7. The molecule has 102 valence electrons. The zero-order valence-electron chi connectivity index (χ0n) is 11.4. The predicted molar refractivity (Wildman–Crippen MR) is 55.7 cm³/mol. The number of hydrogen-bond acceptors (Lipinski definition) is 5. The van der Waals surface area contributed by atoms with Crippen LogP contribution < -0.4 is 68.9 Å². The summed E-state index contributed by atoms with van der Waals surface area (Å²) in [7, 11) is -11.2. The van der Waals surface area contributed by atoms with Crippen molar-refractivity contribution in [1.82, 2.24) is 0 Å². The standard InChI is InChI=1S/C8H18O7P2.2Na/c1-6-3-2-4-7(6)5-8(9,16(10,11)12)17(13,14)15;;/h6-7,9H,2-5H2,1H3,(H2,10,11,12)(H2,13,14,15);;/q;2*+1/p-2. The summed E-state index contributed by atoms with van der Waals surface area (Å²) in [6.45, 7) is 1.80. The van der Waals surface area contributed by atoms with E-state index in [0.717, 1.165) is 12.8 Å². The van der Waals surface area contributed by atoms with E-state index >= 15 is 0 Å². The molecule has 1 aliphatic rings. The average Bonchev–Trinajstić information content (AvgIpc) is 2.47. The van der Waals surface area contributed by atoms with Gasteiger partial charge in [0.15, 0.2) is 20.3 Å². The minimum Gasteiger partial charge on any atom is -0.776 e. The molecule has 0 amide bonds. The van der Waals surface area contributed by atoms with E-state index < -0.39 is 26.7 Å². The van der Waals surface area contributed by atoms with E-state index in [0.29, 0.717) is 6.42 Å². The van der Waals surface area contributed by atoms with Gasteiger partial charge in [0.1, 0.15) is 0 Å². The van der Waals surface area contributed by atoms with Crippen molar-refractivity contribution < 1.29 is 92.9 Å². The van der Waals surface area contributed by atoms with E-state index in [1.165, 1.54) is 0 Å². The Labute approximate surface area is 156 Å². The van der Waals surface area contributed by atoms with Crippen molar-refractivity contribution in [3.05, 3.63) is 0 Å². The molecule has 0 radical (unpaired) electrons. The fraction of sp³-hybridized carbons (Fsp3) is 1.00. The first-order valence-corrected chi connectivity index (χ1v) is 8.45. The van der Waals surface area contributed by atoms with E-state index in [4.69, 9.17) is 9.79 Å². The molecule has 0 aromatic rings. The Hall–Kier alpha value is 2.26. The van der Waals surface area contributed by atoms with Gasteiger partial charge in [-0.1, -0.05) is 26.2 Å². The number of hydrogen-bond donors (Lipinski definition) is 3. The van der Waals surface area contributed by atoms with Crippen LogP contribution in [0.4, 0.5) is 0 Å². The van der Waals surface area contributed by atoms with Crippen molar-refractivity contribution in [3.63, 3.8) is 0 Å². The third kappa shape index (κ3) is 5.43. The van der Waals surface area contributed by atoms with Gasteiger partial charge in [0.05, 0.1) is 0 Å². The second-order valence-corrected chi connectivity index (χ2v) is 8.60. The SMILES string of the molecule is CC1CCCC1CC(O)(P(=O)([O-])O)P(=O)([O-])O.[Na+].[Na+]. The van der Waals surface area contributed by atoms with Crippen LogP contribution in [-0.2, 0) is 9.13 Å². The van der Waals surface area contributed by atoms with E-state index in [1.807, 2.05) is 0 Å². The Balaban J connectivity index is 0. The molecule has 4 atom stereocenters. The first kappa shape index (κ1) is 23.5. The Morgan fingerprint density at radius 3 is 1.84 bits per heavy atom. The van der Waals surface area contributed by atoms with Gasteiger partial charge in [-0.05, 0) is 18.3 Å². The maximum atomic E-state index is 11.0. The van der Waals surface area contributed by atoms with Gasteiger partial charge >= 0.3 is 59.1 Å². The zero-order chi connectivity index (χ0) is 13.5. The van der Waals surface area contributed by atoms with Crippen LogP contribution in [0, 0.1) is 11.8 Å². The Morgan fingerprint density at radius 1 is 1.16 bits per heavy atom. The van der Waals surface area contributed by atoms with Crippen LogP contribution in [0.15, 0.2) is 0 Å². The maximum absolute atomic E-state index is 11.0. The van der Waals surface area contributed by atoms with Crippen molar-refractivity contribution in [2.45, 2.75) is 37.7 Å². The van der Waals surface area contributed by atoms with Gasteiger partial charge < -0.3 is 33.8 Å². The molecular formula is C8H16Na2O7P2. The van der Waals surface area contributed by atoms with Crippen molar-refractivity contribution in [3.8, 4) is 0 Å². The molecule has 19 heavy (non-hydrogen) atoms. The molecule has 1 fully saturated rings. The number of aliphatic hydroxyl groups is 1. The van der Waals surface area contributed by atoms with Crippen LogP contribution in [0.3, 0.4) is 0 Å². The van der Waals surface area contributed by atoms with Gasteiger partial charge in [0.25, 0.3) is 0 Å². The van der Waals surface area contributed by atoms with Crippen molar-refractivity contribution >= 4 is 15.2 Å². The monoisotopic (exact) mass is 332 g/mol. The molecule has 0 saturated heterocycles. The minimum absolute atomic E-state index is 0. The van der Waals surface area contributed by atoms with Gasteiger partial charge in [-0.3, -0.25) is 0 Å². The fourth-order valence-electron chi connectivity index (χ4n) is 2.27. The van der Waals surface area contributed by atoms with Gasteiger partial charge in [-0.25, -0.2) is 0 Å². The Bertz CT molecular complexity index is 357. The van der Waals surface area contributed by atoms with Crippen LogP contribution in [-0.4, -0.2) is 20.0 Å². The molecule has 0 spiro atoms. The second-order valence-electron chi connectivity index (χ2n) is 4.69. The molecule has 11 heteroatoms. The minimum atomic E-state index is -5.61. The topological polar surface area (TPSA) is 141 Å². The van der Waals surface area contributed by atoms with E-state index in [-0.39, 0.29) is 71.0 Å². The summed E-state index contributed by atoms with van der Waals surface area (Å²) in [6.07, 6.45) is 1.46. The zero-order valence-corrected chi connectivity index (χ0v) is 17.1. The summed E-state index contributed by atoms with van der Waals surface area (Å²) in [6, 6.07) is 0. The molecule has 1 aliphatic carbocycles. The maximum Gasteiger partial charge on any atom is 1.00 e. The van der Waals surface area contributed by atoms with Crippen molar-refractivity contribution in [2.24, 2.45) is 11.8 Å². The van der Waals surface area contributed by atoms with Crippen LogP contribution >= 0.6 is 15.2 Å². The molecule has 0 aliphatic heterocycles. The van der Waals surface area contributed by atoms with Gasteiger partial charge in [-0.2, -0.15) is 0 Å². The van der Waals surface area contributed by atoms with Crippen LogP contribution in [0.1, 0.15) is 32.6 Å². The van der Waals surface area contributed by atoms with E-state index in [2.05, 4.69) is 0 Å². The van der Waals surface area contributed by atoms with Crippen LogP contribution in [0.25, 0.3) is 0 Å². The van der Waals surface area contributed by atoms with Gasteiger partial charge in [-0.15, -0.1) is 0 Å². The molecule has 0 aromatic carbocycles. The molecule has 0 bridgehead atoms. The average molecular weight is 332 g/mol. The Morgan fingerprint density at radius 2 is 1.58 bits per heavy atom. The summed E-state index contributed by atoms with van der Waals surface area (Å²) >= 11 is 0. The smallest absolute Gasteiger partial charge is 0.776 e. The quantitative estimate of drug-likeness (QED) is 0.343. The summed E-state index contributed by atoms with van der Waals surface area (Å²) in [5.41, 5.74) is 0. The van der Waals surface area contributed by atoms with Gasteiger partial charge in [0, 0.05) is 0 Å². The van der Waals surface area contributed by atoms with E-state index in [9.17, 15) is 24.0 Å². The van der Waals surface area contributed by atoms with Gasteiger partial charge in [0.2, 0.25) is 0 Å². The number of rotatable bonds is 4. The molecular weight excluding hydrogens is 316 g/mol. The predicted octanol–water partition coefficient (Wildman–Crippen LogP) is -6.44. The molecule has 0 heterocycles. The third-order valence-electron chi connectivity index (χ3n) is 3.48. The normalized spacial score (nSPS) is 32.1. The summed E-state index contributed by atoms with van der Waals surface area (Å²) < 4.78 is 22.0. The molecule has 4 unspecified atom stereocenters. The van der Waals surface area contributed by atoms with Crippen LogP contribution in [0.2, 0.25) is 0 Å². The molecule has 1 rings (SSSR count). The first-order valence-electron chi connectivity index (χ1n) is 5.29. The van der Waals surface area contributed by atoms with Crippen molar-refractivity contribution in [2.75, 3.05) is 0 Å². The van der Waals surface area contributed by atoms with Crippen LogP contribution in [0.5, 0.6) is 0 Å². The largest absolute Gasteiger partial charge is 1.00 e.